The number of rotatable bonds is 8. The molecule has 1 saturated heterocycles. The van der Waals surface area contributed by atoms with Gasteiger partial charge in [-0.1, -0.05) is 6.07 Å². The van der Waals surface area contributed by atoms with Crippen LogP contribution in [0.2, 0.25) is 0 Å². The van der Waals surface area contributed by atoms with E-state index in [9.17, 15) is 9.18 Å². The third kappa shape index (κ3) is 7.51. The number of nitrogens with zero attached hydrogens (tertiary/aromatic N) is 2. The van der Waals surface area contributed by atoms with E-state index in [-0.39, 0.29) is 42.2 Å². The van der Waals surface area contributed by atoms with Crippen molar-refractivity contribution >= 4 is 52.9 Å². The molecule has 3 rings (SSSR count). The lowest BCUT2D eigenvalue weighted by atomic mass is 10.2. The number of guanidine groups is 1. The highest BCUT2D eigenvalue weighted by atomic mass is 127. The van der Waals surface area contributed by atoms with Crippen LogP contribution in [0.25, 0.3) is 0 Å². The number of halogens is 2. The Morgan fingerprint density at radius 2 is 1.93 bits per heavy atom. The predicted octanol–water partition coefficient (Wildman–Crippen LogP) is 3.84. The molecule has 3 N–H and O–H groups in total. The summed E-state index contributed by atoms with van der Waals surface area (Å²) in [4.78, 5) is 20.4. The standard InChI is InChI=1S/C21H28FN5OS.HI/c1-2-23-21(25-15-20(28)26-17-9-7-16(22)8-10-17)24-14-18(19-6-5-13-29-19)27-11-3-4-12-27;/h5-10,13,18H,2-4,11-12,14-15H2,1H3,(H,26,28)(H2,23,24,25);1H. The summed E-state index contributed by atoms with van der Waals surface area (Å²) in [6.07, 6.45) is 2.47. The summed E-state index contributed by atoms with van der Waals surface area (Å²) in [5.74, 6) is 0.0311. The molecule has 0 saturated carbocycles. The Balaban J connectivity index is 0.00000320. The fraction of sp³-hybridized carbons (Fsp3) is 0.429. The number of likely N-dealkylation sites (tertiary alicyclic amines) is 1. The second-order valence-electron chi connectivity index (χ2n) is 6.91. The molecule has 9 heteroatoms. The first-order chi connectivity index (χ1) is 14.2. The number of amides is 1. The Labute approximate surface area is 198 Å². The number of carbonyl (C=O) groups excluding carboxylic acids is 1. The number of thiophene rings is 1. The summed E-state index contributed by atoms with van der Waals surface area (Å²) >= 11 is 1.77. The molecule has 0 spiro atoms. The number of aliphatic imine (C=N–C) groups is 1. The molecule has 1 unspecified atom stereocenters. The maximum Gasteiger partial charge on any atom is 0.246 e. The van der Waals surface area contributed by atoms with E-state index in [2.05, 4.69) is 43.4 Å². The van der Waals surface area contributed by atoms with Crippen molar-refractivity contribution in [1.29, 1.82) is 0 Å². The summed E-state index contributed by atoms with van der Waals surface area (Å²) < 4.78 is 13.0. The maximum absolute atomic E-state index is 13.0. The molecule has 2 aromatic rings. The number of anilines is 1. The van der Waals surface area contributed by atoms with Crippen LogP contribution in [0.15, 0.2) is 46.8 Å². The van der Waals surface area contributed by atoms with Crippen LogP contribution >= 0.6 is 35.3 Å². The monoisotopic (exact) mass is 545 g/mol. The normalized spacial score (nSPS) is 15.3. The van der Waals surface area contributed by atoms with Gasteiger partial charge in [0.2, 0.25) is 5.91 Å². The Hall–Kier alpha value is -1.72. The van der Waals surface area contributed by atoms with Gasteiger partial charge in [0.15, 0.2) is 5.96 Å². The van der Waals surface area contributed by atoms with Gasteiger partial charge in [0.1, 0.15) is 12.4 Å². The second-order valence-corrected chi connectivity index (χ2v) is 7.88. The van der Waals surface area contributed by atoms with E-state index in [1.165, 1.54) is 42.0 Å². The molecule has 1 aliphatic rings. The highest BCUT2D eigenvalue weighted by Crippen LogP contribution is 2.27. The zero-order valence-electron chi connectivity index (χ0n) is 17.1. The first-order valence-electron chi connectivity index (χ1n) is 10.0. The minimum absolute atomic E-state index is 0. The van der Waals surface area contributed by atoms with E-state index in [1.54, 1.807) is 11.3 Å². The van der Waals surface area contributed by atoms with Crippen molar-refractivity contribution in [2.45, 2.75) is 25.8 Å². The Morgan fingerprint density at radius 1 is 1.20 bits per heavy atom. The molecule has 1 amide bonds. The first kappa shape index (κ1) is 24.5. The molecular formula is C21H29FIN5OS. The molecule has 2 heterocycles. The van der Waals surface area contributed by atoms with Crippen molar-refractivity contribution in [3.63, 3.8) is 0 Å². The quantitative estimate of drug-likeness (QED) is 0.268. The predicted molar refractivity (Wildman–Crippen MR) is 132 cm³/mol. The summed E-state index contributed by atoms with van der Waals surface area (Å²) in [5, 5.41) is 11.4. The molecule has 164 valence electrons. The molecule has 1 aliphatic heterocycles. The van der Waals surface area contributed by atoms with Crippen LogP contribution in [0.3, 0.4) is 0 Å². The first-order valence-corrected chi connectivity index (χ1v) is 10.9. The average molecular weight is 545 g/mol. The lowest BCUT2D eigenvalue weighted by Gasteiger charge is -2.27. The van der Waals surface area contributed by atoms with E-state index >= 15 is 0 Å². The number of hydrogen-bond donors (Lipinski definition) is 3. The highest BCUT2D eigenvalue weighted by molar-refractivity contribution is 14.0. The molecule has 6 nitrogen and oxygen atoms in total. The number of benzene rings is 1. The van der Waals surface area contributed by atoms with Crippen molar-refractivity contribution in [2.24, 2.45) is 4.99 Å². The van der Waals surface area contributed by atoms with E-state index in [0.717, 1.165) is 19.6 Å². The minimum atomic E-state index is -0.335. The van der Waals surface area contributed by atoms with Crippen LogP contribution in [-0.4, -0.2) is 49.5 Å². The fourth-order valence-corrected chi connectivity index (χ4v) is 4.22. The molecule has 1 atom stereocenters. The Morgan fingerprint density at radius 3 is 2.57 bits per heavy atom. The van der Waals surface area contributed by atoms with Gasteiger partial charge in [-0.2, -0.15) is 0 Å². The third-order valence-electron chi connectivity index (χ3n) is 4.77. The van der Waals surface area contributed by atoms with Crippen molar-refractivity contribution in [3.8, 4) is 0 Å². The van der Waals surface area contributed by atoms with Crippen LogP contribution in [0.1, 0.15) is 30.7 Å². The summed E-state index contributed by atoms with van der Waals surface area (Å²) in [5.41, 5.74) is 0.552. The highest BCUT2D eigenvalue weighted by Gasteiger charge is 2.24. The Bertz CT molecular complexity index is 794. The van der Waals surface area contributed by atoms with E-state index in [1.807, 2.05) is 6.92 Å². The number of carbonyl (C=O) groups is 1. The van der Waals surface area contributed by atoms with Crippen LogP contribution in [0, 0.1) is 5.82 Å². The van der Waals surface area contributed by atoms with Crippen LogP contribution in [0.5, 0.6) is 0 Å². The molecule has 0 aliphatic carbocycles. The zero-order valence-corrected chi connectivity index (χ0v) is 20.2. The molecular weight excluding hydrogens is 516 g/mol. The van der Waals surface area contributed by atoms with Gasteiger partial charge in [-0.15, -0.1) is 35.3 Å². The summed E-state index contributed by atoms with van der Waals surface area (Å²) in [7, 11) is 0. The lowest BCUT2D eigenvalue weighted by molar-refractivity contribution is -0.114. The van der Waals surface area contributed by atoms with E-state index < -0.39 is 0 Å². The van der Waals surface area contributed by atoms with Crippen molar-refractivity contribution < 1.29 is 9.18 Å². The largest absolute Gasteiger partial charge is 0.357 e. The maximum atomic E-state index is 13.0. The minimum Gasteiger partial charge on any atom is -0.357 e. The van der Waals surface area contributed by atoms with Gasteiger partial charge in [-0.05, 0) is 68.6 Å². The van der Waals surface area contributed by atoms with Gasteiger partial charge in [0, 0.05) is 23.7 Å². The summed E-state index contributed by atoms with van der Waals surface area (Å²) in [6.45, 7) is 5.63. The number of hydrogen-bond acceptors (Lipinski definition) is 4. The topological polar surface area (TPSA) is 68.8 Å². The van der Waals surface area contributed by atoms with Gasteiger partial charge in [-0.25, -0.2) is 9.38 Å². The molecule has 0 radical (unpaired) electrons. The van der Waals surface area contributed by atoms with E-state index in [4.69, 9.17) is 0 Å². The smallest absolute Gasteiger partial charge is 0.246 e. The van der Waals surface area contributed by atoms with Crippen LogP contribution < -0.4 is 16.0 Å². The van der Waals surface area contributed by atoms with Crippen molar-refractivity contribution in [1.82, 2.24) is 15.5 Å². The van der Waals surface area contributed by atoms with Gasteiger partial charge >= 0.3 is 0 Å². The lowest BCUT2D eigenvalue weighted by Crippen LogP contribution is -2.43. The fourth-order valence-electron chi connectivity index (χ4n) is 3.36. The van der Waals surface area contributed by atoms with Gasteiger partial charge in [0.05, 0.1) is 6.04 Å². The molecule has 1 fully saturated rings. The molecule has 0 bridgehead atoms. The van der Waals surface area contributed by atoms with E-state index in [0.29, 0.717) is 24.2 Å². The second kappa shape index (κ2) is 12.9. The van der Waals surface area contributed by atoms with Gasteiger partial charge in [0.25, 0.3) is 0 Å². The SMILES string of the molecule is CCNC(=NCC(=O)Nc1ccc(F)cc1)NCC(c1cccs1)N1CCCC1.I. The molecule has 30 heavy (non-hydrogen) atoms. The number of nitrogens with one attached hydrogen (secondary N) is 3. The van der Waals surface area contributed by atoms with Crippen LogP contribution in [-0.2, 0) is 4.79 Å². The van der Waals surface area contributed by atoms with Crippen molar-refractivity contribution in [3.05, 3.63) is 52.5 Å². The molecule has 1 aromatic heterocycles. The van der Waals surface area contributed by atoms with Gasteiger partial charge < -0.3 is 16.0 Å². The average Bonchev–Trinajstić information content (AvgIpc) is 3.43. The zero-order chi connectivity index (χ0) is 20.5. The van der Waals surface area contributed by atoms with Crippen molar-refractivity contribution in [2.75, 3.05) is 38.0 Å². The summed E-state index contributed by atoms with van der Waals surface area (Å²) in [6, 6.07) is 10.2. The molecule has 1 aromatic carbocycles. The van der Waals surface area contributed by atoms with Crippen LogP contribution in [0.4, 0.5) is 10.1 Å². The third-order valence-corrected chi connectivity index (χ3v) is 5.74. The van der Waals surface area contributed by atoms with Gasteiger partial charge in [-0.3, -0.25) is 9.69 Å². The Kier molecular flexibility index (Phi) is 10.5.